The van der Waals surface area contributed by atoms with E-state index in [0.717, 1.165) is 56.0 Å². The second-order valence-corrected chi connectivity index (χ2v) is 5.89. The predicted octanol–water partition coefficient (Wildman–Crippen LogP) is 2.58. The first-order valence-electron chi connectivity index (χ1n) is 7.47. The number of nitrogens with zero attached hydrogens (tertiary/aromatic N) is 2. The van der Waals surface area contributed by atoms with Gasteiger partial charge in [-0.2, -0.15) is 0 Å². The van der Waals surface area contributed by atoms with Crippen molar-refractivity contribution < 1.29 is 4.42 Å². The molecule has 0 spiro atoms. The summed E-state index contributed by atoms with van der Waals surface area (Å²) in [4.78, 5) is 7.14. The molecule has 0 bridgehead atoms. The molecule has 1 fully saturated rings. The van der Waals surface area contributed by atoms with Crippen molar-refractivity contribution in [2.75, 3.05) is 26.2 Å². The van der Waals surface area contributed by atoms with E-state index in [1.54, 1.807) is 0 Å². The molecule has 2 aromatic rings. The summed E-state index contributed by atoms with van der Waals surface area (Å²) in [6.45, 7) is 8.13. The minimum Gasteiger partial charge on any atom is -0.440 e. The normalized spacial score (nSPS) is 17.9. The second kappa shape index (κ2) is 5.54. The van der Waals surface area contributed by atoms with Crippen LogP contribution in [0.25, 0.3) is 11.1 Å². The molecule has 4 nitrogen and oxygen atoms in total. The summed E-state index contributed by atoms with van der Waals surface area (Å²) in [5.74, 6) is 1.37. The van der Waals surface area contributed by atoms with Crippen molar-refractivity contribution in [1.29, 1.82) is 0 Å². The lowest BCUT2D eigenvalue weighted by molar-refractivity contribution is 0.206. The number of benzene rings is 1. The van der Waals surface area contributed by atoms with Gasteiger partial charge in [0.05, 0.1) is 0 Å². The summed E-state index contributed by atoms with van der Waals surface area (Å²) in [6, 6.07) is 4.26. The molecule has 0 aliphatic carbocycles. The van der Waals surface area contributed by atoms with Gasteiger partial charge in [0.25, 0.3) is 0 Å². The quantitative estimate of drug-likeness (QED) is 0.934. The van der Waals surface area contributed by atoms with Gasteiger partial charge in [0.2, 0.25) is 0 Å². The van der Waals surface area contributed by atoms with Crippen molar-refractivity contribution in [1.82, 2.24) is 9.88 Å². The third kappa shape index (κ3) is 2.58. The maximum absolute atomic E-state index is 6.03. The Morgan fingerprint density at radius 2 is 2.05 bits per heavy atom. The Morgan fingerprint density at radius 3 is 2.75 bits per heavy atom. The van der Waals surface area contributed by atoms with E-state index in [-0.39, 0.29) is 0 Å². The average Bonchev–Trinajstić information content (AvgIpc) is 2.84. The number of hydrogen-bond acceptors (Lipinski definition) is 4. The molecule has 4 heteroatoms. The summed E-state index contributed by atoms with van der Waals surface area (Å²) in [5, 5.41) is 0. The fourth-order valence-electron chi connectivity index (χ4n) is 3.15. The molecule has 2 N–H and O–H groups in total. The van der Waals surface area contributed by atoms with Crippen LogP contribution in [-0.2, 0) is 0 Å². The zero-order valence-corrected chi connectivity index (χ0v) is 12.4. The zero-order valence-electron chi connectivity index (χ0n) is 12.4. The molecular weight excluding hydrogens is 250 g/mol. The molecule has 1 aromatic carbocycles. The zero-order chi connectivity index (χ0) is 14.1. The van der Waals surface area contributed by atoms with Crippen molar-refractivity contribution in [2.24, 2.45) is 5.73 Å². The highest BCUT2D eigenvalue weighted by Crippen LogP contribution is 2.31. The molecule has 2 heterocycles. The highest BCUT2D eigenvalue weighted by molar-refractivity contribution is 5.77. The number of piperidine rings is 1. The monoisotopic (exact) mass is 273 g/mol. The van der Waals surface area contributed by atoms with Crippen LogP contribution < -0.4 is 5.73 Å². The highest BCUT2D eigenvalue weighted by atomic mass is 16.3. The molecule has 1 aliphatic rings. The largest absolute Gasteiger partial charge is 0.440 e. The molecule has 0 atom stereocenters. The van der Waals surface area contributed by atoms with Crippen LogP contribution >= 0.6 is 0 Å². The lowest BCUT2D eigenvalue weighted by Gasteiger charge is -2.29. The Hall–Kier alpha value is -1.39. The Bertz CT molecular complexity index is 597. The molecule has 1 saturated heterocycles. The number of rotatable bonds is 3. The van der Waals surface area contributed by atoms with Gasteiger partial charge < -0.3 is 15.1 Å². The molecule has 1 aliphatic heterocycles. The number of likely N-dealkylation sites (tertiary alicyclic amines) is 1. The van der Waals surface area contributed by atoms with E-state index in [1.165, 1.54) is 11.1 Å². The topological polar surface area (TPSA) is 55.3 Å². The smallest absolute Gasteiger partial charge is 0.198 e. The first-order chi connectivity index (χ1) is 9.67. The Labute approximate surface area is 120 Å². The van der Waals surface area contributed by atoms with Gasteiger partial charge in [0.1, 0.15) is 5.52 Å². The van der Waals surface area contributed by atoms with Gasteiger partial charge in [0, 0.05) is 19.0 Å². The van der Waals surface area contributed by atoms with E-state index < -0.39 is 0 Å². The fraction of sp³-hybridized carbons (Fsp3) is 0.562. The number of fused-ring (bicyclic) bond motifs is 1. The molecule has 108 valence electrons. The predicted molar refractivity (Wildman–Crippen MR) is 81.0 cm³/mol. The first-order valence-corrected chi connectivity index (χ1v) is 7.47. The minimum atomic E-state index is 0.455. The van der Waals surface area contributed by atoms with E-state index >= 15 is 0 Å². The maximum Gasteiger partial charge on any atom is 0.198 e. The lowest BCUT2D eigenvalue weighted by Crippen LogP contribution is -2.36. The first kappa shape index (κ1) is 13.6. The van der Waals surface area contributed by atoms with Crippen molar-refractivity contribution in [2.45, 2.75) is 32.6 Å². The molecular formula is C16H23N3O. The SMILES string of the molecule is Cc1cc(C)c2oc(C3CCN(CCN)CC3)nc2c1. The highest BCUT2D eigenvalue weighted by Gasteiger charge is 2.24. The molecule has 0 unspecified atom stereocenters. The van der Waals surface area contributed by atoms with Crippen LogP contribution in [-0.4, -0.2) is 36.1 Å². The molecule has 3 rings (SSSR count). The number of oxazole rings is 1. The van der Waals surface area contributed by atoms with Gasteiger partial charge in [-0.05, 0) is 57.0 Å². The summed E-state index contributed by atoms with van der Waals surface area (Å²) in [6.07, 6.45) is 2.23. The Balaban J connectivity index is 1.80. The third-order valence-corrected chi connectivity index (χ3v) is 4.22. The van der Waals surface area contributed by atoms with Crippen molar-refractivity contribution >= 4 is 11.1 Å². The Morgan fingerprint density at radius 1 is 1.30 bits per heavy atom. The average molecular weight is 273 g/mol. The van der Waals surface area contributed by atoms with Crippen LogP contribution in [0.3, 0.4) is 0 Å². The summed E-state index contributed by atoms with van der Waals surface area (Å²) in [5.41, 5.74) is 9.99. The summed E-state index contributed by atoms with van der Waals surface area (Å²) in [7, 11) is 0. The maximum atomic E-state index is 6.03. The number of nitrogens with two attached hydrogens (primary N) is 1. The minimum absolute atomic E-state index is 0.455. The van der Waals surface area contributed by atoms with Gasteiger partial charge in [0.15, 0.2) is 11.5 Å². The number of hydrogen-bond donors (Lipinski definition) is 1. The summed E-state index contributed by atoms with van der Waals surface area (Å²) < 4.78 is 6.03. The second-order valence-electron chi connectivity index (χ2n) is 5.89. The van der Waals surface area contributed by atoms with Gasteiger partial charge in [-0.3, -0.25) is 0 Å². The third-order valence-electron chi connectivity index (χ3n) is 4.22. The van der Waals surface area contributed by atoms with Crippen LogP contribution in [0.2, 0.25) is 0 Å². The fourth-order valence-corrected chi connectivity index (χ4v) is 3.15. The number of aryl methyl sites for hydroxylation is 2. The van der Waals surface area contributed by atoms with E-state index in [4.69, 9.17) is 15.1 Å². The van der Waals surface area contributed by atoms with Gasteiger partial charge >= 0.3 is 0 Å². The van der Waals surface area contributed by atoms with Crippen molar-refractivity contribution in [3.63, 3.8) is 0 Å². The van der Waals surface area contributed by atoms with Gasteiger partial charge in [-0.15, -0.1) is 0 Å². The summed E-state index contributed by atoms with van der Waals surface area (Å²) >= 11 is 0. The molecule has 20 heavy (non-hydrogen) atoms. The van der Waals surface area contributed by atoms with Crippen molar-refractivity contribution in [3.8, 4) is 0 Å². The standard InChI is InChI=1S/C16H23N3O/c1-11-9-12(2)15-14(10-11)18-16(20-15)13-3-6-19(7-4-13)8-5-17/h9-10,13H,3-8,17H2,1-2H3. The lowest BCUT2D eigenvalue weighted by atomic mass is 9.97. The van der Waals surface area contributed by atoms with Crippen LogP contribution in [0.4, 0.5) is 0 Å². The Kier molecular flexibility index (Phi) is 3.76. The molecule has 1 aromatic heterocycles. The van der Waals surface area contributed by atoms with Crippen LogP contribution in [0.1, 0.15) is 35.8 Å². The van der Waals surface area contributed by atoms with Crippen LogP contribution in [0.15, 0.2) is 16.5 Å². The van der Waals surface area contributed by atoms with Crippen molar-refractivity contribution in [3.05, 3.63) is 29.2 Å². The van der Waals surface area contributed by atoms with Crippen LogP contribution in [0.5, 0.6) is 0 Å². The van der Waals surface area contributed by atoms with Gasteiger partial charge in [-0.25, -0.2) is 4.98 Å². The van der Waals surface area contributed by atoms with E-state index in [0.29, 0.717) is 5.92 Å². The molecule has 0 radical (unpaired) electrons. The van der Waals surface area contributed by atoms with Crippen LogP contribution in [0, 0.1) is 13.8 Å². The molecule has 0 saturated carbocycles. The van der Waals surface area contributed by atoms with E-state index in [1.807, 2.05) is 0 Å². The van der Waals surface area contributed by atoms with Gasteiger partial charge in [-0.1, -0.05) is 6.07 Å². The van der Waals surface area contributed by atoms with E-state index in [2.05, 4.69) is 30.9 Å². The number of aromatic nitrogens is 1. The molecule has 0 amide bonds. The van der Waals surface area contributed by atoms with E-state index in [9.17, 15) is 0 Å².